The van der Waals surface area contributed by atoms with Crippen LogP contribution in [0.2, 0.25) is 0 Å². The van der Waals surface area contributed by atoms with E-state index < -0.39 is 0 Å². The highest BCUT2D eigenvalue weighted by molar-refractivity contribution is 7.71. The van der Waals surface area contributed by atoms with Gasteiger partial charge in [0.15, 0.2) is 10.6 Å². The van der Waals surface area contributed by atoms with Crippen LogP contribution in [0.15, 0.2) is 24.3 Å². The van der Waals surface area contributed by atoms with Crippen molar-refractivity contribution in [2.24, 2.45) is 5.92 Å². The van der Waals surface area contributed by atoms with Crippen LogP contribution >= 0.6 is 12.2 Å². The van der Waals surface area contributed by atoms with Gasteiger partial charge in [0.1, 0.15) is 0 Å². The molecule has 1 unspecified atom stereocenters. The molecule has 1 N–H and O–H groups in total. The van der Waals surface area contributed by atoms with Crippen molar-refractivity contribution < 1.29 is 0 Å². The second kappa shape index (κ2) is 8.11. The van der Waals surface area contributed by atoms with Gasteiger partial charge in [-0.15, -0.1) is 0 Å². The number of unbranched alkanes of at least 4 members (excludes halogenated alkanes) is 2. The van der Waals surface area contributed by atoms with Crippen LogP contribution in [-0.4, -0.2) is 14.8 Å². The molecule has 24 heavy (non-hydrogen) atoms. The average Bonchev–Trinajstić information content (AvgIpc) is 2.88. The molecular weight excluding hydrogens is 314 g/mol. The molecule has 0 aliphatic carbocycles. The minimum atomic E-state index is 0.164. The highest BCUT2D eigenvalue weighted by Crippen LogP contribution is 2.26. The fourth-order valence-electron chi connectivity index (χ4n) is 2.97. The summed E-state index contributed by atoms with van der Waals surface area (Å²) in [6.45, 7) is 12.2. The zero-order valence-electron chi connectivity index (χ0n) is 15.7. The van der Waals surface area contributed by atoms with Crippen molar-refractivity contribution in [2.75, 3.05) is 0 Å². The Bertz CT molecular complexity index is 689. The van der Waals surface area contributed by atoms with Crippen molar-refractivity contribution in [2.45, 2.75) is 72.3 Å². The highest BCUT2D eigenvalue weighted by atomic mass is 32.1. The van der Waals surface area contributed by atoms with Crippen LogP contribution in [0.4, 0.5) is 0 Å². The number of nitrogens with one attached hydrogen (secondary N) is 1. The zero-order chi connectivity index (χ0) is 17.7. The predicted molar refractivity (Wildman–Crippen MR) is 105 cm³/mol. The maximum absolute atomic E-state index is 5.46. The van der Waals surface area contributed by atoms with E-state index in [0.717, 1.165) is 17.9 Å². The predicted octanol–water partition coefficient (Wildman–Crippen LogP) is 6.12. The summed E-state index contributed by atoms with van der Waals surface area (Å²) in [5.74, 6) is 1.55. The van der Waals surface area contributed by atoms with Crippen LogP contribution in [0.3, 0.4) is 0 Å². The summed E-state index contributed by atoms with van der Waals surface area (Å²) >= 11 is 5.46. The summed E-state index contributed by atoms with van der Waals surface area (Å²) in [5, 5.41) is 7.44. The largest absolute Gasteiger partial charge is 0.300 e. The van der Waals surface area contributed by atoms with E-state index in [0.29, 0.717) is 10.7 Å². The Morgan fingerprint density at radius 2 is 1.83 bits per heavy atom. The van der Waals surface area contributed by atoms with Gasteiger partial charge in [-0.1, -0.05) is 78.1 Å². The molecule has 3 nitrogen and oxygen atoms in total. The third kappa shape index (κ3) is 4.79. The average molecular weight is 346 g/mol. The van der Waals surface area contributed by atoms with E-state index in [1.165, 1.54) is 31.2 Å². The molecule has 1 heterocycles. The lowest BCUT2D eigenvalue weighted by Crippen LogP contribution is -2.11. The molecule has 1 aromatic heterocycles. The van der Waals surface area contributed by atoms with Crippen molar-refractivity contribution in [1.29, 1.82) is 0 Å². The van der Waals surface area contributed by atoms with Crippen LogP contribution in [0, 0.1) is 10.7 Å². The SMILES string of the molecule is CCCCCC(C)Cn1c(-c2ccc(C(C)(C)C)cc2)n[nH]c1=S. The molecule has 0 aliphatic heterocycles. The Morgan fingerprint density at radius 3 is 2.42 bits per heavy atom. The van der Waals surface area contributed by atoms with Crippen LogP contribution in [0.5, 0.6) is 0 Å². The number of benzene rings is 1. The van der Waals surface area contributed by atoms with Gasteiger partial charge in [-0.25, -0.2) is 0 Å². The Morgan fingerprint density at radius 1 is 1.17 bits per heavy atom. The molecule has 0 amide bonds. The quantitative estimate of drug-likeness (QED) is 0.484. The minimum Gasteiger partial charge on any atom is -0.300 e. The van der Waals surface area contributed by atoms with Crippen LogP contribution in [0.1, 0.15) is 65.9 Å². The number of rotatable bonds is 7. The Labute approximate surface area is 151 Å². The van der Waals surface area contributed by atoms with Crippen molar-refractivity contribution in [3.05, 3.63) is 34.6 Å². The second-order valence-electron chi connectivity index (χ2n) is 7.89. The number of H-pyrrole nitrogens is 1. The summed E-state index contributed by atoms with van der Waals surface area (Å²) in [6, 6.07) is 8.71. The van der Waals surface area contributed by atoms with Crippen LogP contribution in [-0.2, 0) is 12.0 Å². The van der Waals surface area contributed by atoms with Gasteiger partial charge in [0.2, 0.25) is 0 Å². The molecule has 132 valence electrons. The lowest BCUT2D eigenvalue weighted by molar-refractivity contribution is 0.429. The third-order valence-corrected chi connectivity index (χ3v) is 4.87. The molecule has 0 bridgehead atoms. The van der Waals surface area contributed by atoms with E-state index in [4.69, 9.17) is 12.2 Å². The number of hydrogen-bond acceptors (Lipinski definition) is 2. The van der Waals surface area contributed by atoms with Crippen molar-refractivity contribution in [3.63, 3.8) is 0 Å². The summed E-state index contributed by atoms with van der Waals surface area (Å²) in [4.78, 5) is 0. The molecule has 2 rings (SSSR count). The van der Waals surface area contributed by atoms with Crippen molar-refractivity contribution >= 4 is 12.2 Å². The van der Waals surface area contributed by atoms with E-state index >= 15 is 0 Å². The molecule has 0 spiro atoms. The Hall–Kier alpha value is -1.42. The summed E-state index contributed by atoms with van der Waals surface area (Å²) < 4.78 is 2.87. The van der Waals surface area contributed by atoms with Gasteiger partial charge in [-0.2, -0.15) is 5.10 Å². The van der Waals surface area contributed by atoms with Crippen LogP contribution in [0.25, 0.3) is 11.4 Å². The maximum Gasteiger partial charge on any atom is 0.195 e. The molecule has 0 radical (unpaired) electrons. The number of nitrogens with zero attached hydrogens (tertiary/aromatic N) is 2. The first kappa shape index (κ1) is 18.9. The van der Waals surface area contributed by atoms with Gasteiger partial charge in [0, 0.05) is 12.1 Å². The highest BCUT2D eigenvalue weighted by Gasteiger charge is 2.15. The lowest BCUT2D eigenvalue weighted by atomic mass is 9.86. The minimum absolute atomic E-state index is 0.164. The summed E-state index contributed by atoms with van der Waals surface area (Å²) in [6.07, 6.45) is 5.10. The first-order valence-corrected chi connectivity index (χ1v) is 9.50. The van der Waals surface area contributed by atoms with E-state index in [1.807, 2.05) is 0 Å². The monoisotopic (exact) mass is 345 g/mol. The number of aromatic nitrogens is 3. The molecular formula is C20H31N3S. The lowest BCUT2D eigenvalue weighted by Gasteiger charge is -2.19. The van der Waals surface area contributed by atoms with E-state index in [-0.39, 0.29) is 5.41 Å². The molecule has 1 atom stereocenters. The Balaban J connectivity index is 2.19. The van der Waals surface area contributed by atoms with E-state index in [9.17, 15) is 0 Å². The molecule has 1 aromatic carbocycles. The fraction of sp³-hybridized carbons (Fsp3) is 0.600. The normalized spacial score (nSPS) is 13.2. The molecule has 0 saturated heterocycles. The number of hydrogen-bond donors (Lipinski definition) is 1. The van der Waals surface area contributed by atoms with Gasteiger partial charge in [-0.05, 0) is 35.5 Å². The van der Waals surface area contributed by atoms with Gasteiger partial charge in [-0.3, -0.25) is 9.67 Å². The van der Waals surface area contributed by atoms with E-state index in [1.54, 1.807) is 0 Å². The van der Waals surface area contributed by atoms with E-state index in [2.05, 4.69) is 73.6 Å². The number of aromatic amines is 1. The van der Waals surface area contributed by atoms with Crippen molar-refractivity contribution in [1.82, 2.24) is 14.8 Å². The van der Waals surface area contributed by atoms with Gasteiger partial charge >= 0.3 is 0 Å². The third-order valence-electron chi connectivity index (χ3n) is 4.56. The second-order valence-corrected chi connectivity index (χ2v) is 8.28. The first-order valence-electron chi connectivity index (χ1n) is 9.09. The summed E-state index contributed by atoms with van der Waals surface area (Å²) in [7, 11) is 0. The topological polar surface area (TPSA) is 33.6 Å². The molecule has 4 heteroatoms. The molecule has 2 aromatic rings. The standard InChI is InChI=1S/C20H31N3S/c1-6-7-8-9-15(2)14-23-18(21-22-19(23)24)16-10-12-17(13-11-16)20(3,4)5/h10-13,15H,6-9,14H2,1-5H3,(H,22,24). The summed E-state index contributed by atoms with van der Waals surface area (Å²) in [5.41, 5.74) is 2.62. The first-order chi connectivity index (χ1) is 11.3. The van der Waals surface area contributed by atoms with Gasteiger partial charge in [0.25, 0.3) is 0 Å². The fourth-order valence-corrected chi connectivity index (χ4v) is 3.18. The van der Waals surface area contributed by atoms with Crippen molar-refractivity contribution in [3.8, 4) is 11.4 Å². The van der Waals surface area contributed by atoms with Gasteiger partial charge < -0.3 is 0 Å². The Kier molecular flexibility index (Phi) is 6.39. The maximum atomic E-state index is 5.46. The smallest absolute Gasteiger partial charge is 0.195 e. The van der Waals surface area contributed by atoms with Gasteiger partial charge in [0.05, 0.1) is 0 Å². The molecule has 0 fully saturated rings. The van der Waals surface area contributed by atoms with Crippen LogP contribution < -0.4 is 0 Å². The molecule has 0 saturated carbocycles. The zero-order valence-corrected chi connectivity index (χ0v) is 16.5. The molecule has 0 aliphatic rings.